The van der Waals surface area contributed by atoms with E-state index in [1.165, 1.54) is 4.31 Å². The van der Waals surface area contributed by atoms with E-state index in [1.807, 2.05) is 42.0 Å². The number of carbonyl (C=O) groups excluding carboxylic acids is 1. The van der Waals surface area contributed by atoms with Crippen molar-refractivity contribution >= 4 is 21.6 Å². The second kappa shape index (κ2) is 8.43. The minimum Gasteiger partial charge on any atom is -0.476 e. The Morgan fingerprint density at radius 2 is 1.94 bits per heavy atom. The molecule has 2 aromatic carbocycles. The van der Waals surface area contributed by atoms with E-state index < -0.39 is 16.1 Å². The highest BCUT2D eigenvalue weighted by molar-refractivity contribution is 7.92. The Kier molecular flexibility index (Phi) is 5.69. The van der Waals surface area contributed by atoms with Gasteiger partial charge in [-0.15, -0.1) is 0 Å². The largest absolute Gasteiger partial charge is 0.476 e. The van der Waals surface area contributed by atoms with Gasteiger partial charge in [0.2, 0.25) is 10.0 Å². The lowest BCUT2D eigenvalue weighted by atomic mass is 10.2. The molecule has 0 saturated heterocycles. The van der Waals surface area contributed by atoms with Gasteiger partial charge < -0.3 is 14.6 Å². The first kappa shape index (κ1) is 20.9. The van der Waals surface area contributed by atoms with E-state index in [-0.39, 0.29) is 18.2 Å². The van der Waals surface area contributed by atoms with Crippen LogP contribution in [-0.2, 0) is 21.4 Å². The SMILES string of the molecule is CCS(=O)(=O)N1C[C@H](C(=O)NCc2ccc(-n3ccnc3C)cc2)Oc2ccccc21. The summed E-state index contributed by atoms with van der Waals surface area (Å²) in [6.07, 6.45) is 2.71. The minimum atomic E-state index is -3.53. The lowest BCUT2D eigenvalue weighted by Gasteiger charge is -2.34. The Balaban J connectivity index is 1.45. The molecule has 1 aliphatic heterocycles. The number of sulfonamides is 1. The van der Waals surface area contributed by atoms with E-state index in [0.29, 0.717) is 18.0 Å². The van der Waals surface area contributed by atoms with Crippen molar-refractivity contribution in [3.63, 3.8) is 0 Å². The number of ether oxygens (including phenoxy) is 1. The Hall–Kier alpha value is -3.33. The van der Waals surface area contributed by atoms with E-state index in [1.54, 1.807) is 37.4 Å². The molecule has 1 aromatic heterocycles. The molecule has 0 saturated carbocycles. The molecule has 0 aliphatic carbocycles. The third-order valence-electron chi connectivity index (χ3n) is 5.23. The third-order valence-corrected chi connectivity index (χ3v) is 6.98. The number of nitrogens with one attached hydrogen (secondary N) is 1. The second-order valence-corrected chi connectivity index (χ2v) is 9.42. The van der Waals surface area contributed by atoms with Crippen LogP contribution in [0, 0.1) is 6.92 Å². The molecule has 0 radical (unpaired) electrons. The number of hydrogen-bond acceptors (Lipinski definition) is 5. The molecule has 1 amide bonds. The van der Waals surface area contributed by atoms with Gasteiger partial charge in [0.15, 0.2) is 6.10 Å². The van der Waals surface area contributed by atoms with Crippen LogP contribution in [0.15, 0.2) is 60.9 Å². The van der Waals surface area contributed by atoms with Crippen LogP contribution in [0.25, 0.3) is 5.69 Å². The van der Waals surface area contributed by atoms with Crippen molar-refractivity contribution in [1.29, 1.82) is 0 Å². The van der Waals surface area contributed by atoms with E-state index >= 15 is 0 Å². The summed E-state index contributed by atoms with van der Waals surface area (Å²) in [4.78, 5) is 17.0. The van der Waals surface area contributed by atoms with Gasteiger partial charge in [0.1, 0.15) is 11.6 Å². The van der Waals surface area contributed by atoms with Crippen LogP contribution in [0.2, 0.25) is 0 Å². The molecule has 31 heavy (non-hydrogen) atoms. The van der Waals surface area contributed by atoms with Crippen LogP contribution in [0.3, 0.4) is 0 Å². The van der Waals surface area contributed by atoms with Crippen LogP contribution in [0.4, 0.5) is 5.69 Å². The number of imidazole rings is 1. The van der Waals surface area contributed by atoms with Gasteiger partial charge in [0.25, 0.3) is 5.91 Å². The van der Waals surface area contributed by atoms with Crippen LogP contribution in [-0.4, -0.2) is 42.3 Å². The number of para-hydroxylation sites is 2. The zero-order chi connectivity index (χ0) is 22.0. The van der Waals surface area contributed by atoms with Crippen molar-refractivity contribution in [2.45, 2.75) is 26.5 Å². The van der Waals surface area contributed by atoms with Gasteiger partial charge >= 0.3 is 0 Å². The number of carbonyl (C=O) groups is 1. The fraction of sp³-hybridized carbons (Fsp3) is 0.273. The van der Waals surface area contributed by atoms with Gasteiger partial charge in [-0.1, -0.05) is 24.3 Å². The van der Waals surface area contributed by atoms with Crippen LogP contribution in [0.5, 0.6) is 5.75 Å². The quantitative estimate of drug-likeness (QED) is 0.635. The highest BCUT2D eigenvalue weighted by Gasteiger charge is 2.35. The fourth-order valence-corrected chi connectivity index (χ4v) is 4.61. The summed E-state index contributed by atoms with van der Waals surface area (Å²) in [6, 6.07) is 14.6. The number of nitrogens with zero attached hydrogens (tertiary/aromatic N) is 3. The fourth-order valence-electron chi connectivity index (χ4n) is 3.49. The van der Waals surface area contributed by atoms with Crippen LogP contribution in [0.1, 0.15) is 18.3 Å². The third kappa shape index (κ3) is 4.27. The number of benzene rings is 2. The first-order chi connectivity index (χ1) is 14.9. The molecule has 0 unspecified atom stereocenters. The standard InChI is InChI=1S/C22H24N4O4S/c1-3-31(28,29)26-15-21(30-20-7-5-4-6-19(20)26)22(27)24-14-17-8-10-18(11-9-17)25-13-12-23-16(25)2/h4-13,21H,3,14-15H2,1-2H3,(H,24,27)/t21-/m1/s1. The molecule has 4 rings (SSSR count). The topological polar surface area (TPSA) is 93.5 Å². The number of aromatic nitrogens is 2. The summed E-state index contributed by atoms with van der Waals surface area (Å²) in [5, 5.41) is 2.85. The van der Waals surface area contributed by atoms with Gasteiger partial charge in [0, 0.05) is 24.6 Å². The zero-order valence-corrected chi connectivity index (χ0v) is 18.2. The summed E-state index contributed by atoms with van der Waals surface area (Å²) in [7, 11) is -3.53. The maximum Gasteiger partial charge on any atom is 0.263 e. The normalized spacial score (nSPS) is 15.8. The zero-order valence-electron chi connectivity index (χ0n) is 17.4. The van der Waals surface area contributed by atoms with Gasteiger partial charge in [-0.3, -0.25) is 9.10 Å². The molecule has 162 valence electrons. The number of amides is 1. The van der Waals surface area contributed by atoms with Gasteiger partial charge in [0.05, 0.1) is 18.0 Å². The Morgan fingerprint density at radius 1 is 1.19 bits per heavy atom. The Labute approximate surface area is 181 Å². The average Bonchev–Trinajstić information content (AvgIpc) is 3.22. The van der Waals surface area contributed by atoms with Crippen LogP contribution >= 0.6 is 0 Å². The van der Waals surface area contributed by atoms with Crippen molar-refractivity contribution in [1.82, 2.24) is 14.9 Å². The minimum absolute atomic E-state index is 0.0571. The lowest BCUT2D eigenvalue weighted by molar-refractivity contribution is -0.127. The molecule has 1 N–H and O–H groups in total. The summed E-state index contributed by atoms with van der Waals surface area (Å²) in [6.45, 7) is 3.76. The lowest BCUT2D eigenvalue weighted by Crippen LogP contribution is -2.50. The molecular weight excluding hydrogens is 416 g/mol. The molecule has 1 atom stereocenters. The molecule has 8 nitrogen and oxygen atoms in total. The predicted molar refractivity (Wildman–Crippen MR) is 118 cm³/mol. The second-order valence-electron chi connectivity index (χ2n) is 7.23. The van der Waals surface area contributed by atoms with Crippen molar-refractivity contribution < 1.29 is 17.9 Å². The number of hydrogen-bond donors (Lipinski definition) is 1. The first-order valence-corrected chi connectivity index (χ1v) is 11.6. The maximum atomic E-state index is 12.8. The van der Waals surface area contributed by atoms with Gasteiger partial charge in [-0.2, -0.15) is 0 Å². The van der Waals surface area contributed by atoms with Crippen molar-refractivity contribution in [3.05, 3.63) is 72.3 Å². The molecule has 3 aromatic rings. The molecule has 0 spiro atoms. The average molecular weight is 441 g/mol. The molecule has 1 aliphatic rings. The molecule has 9 heteroatoms. The van der Waals surface area contributed by atoms with E-state index in [9.17, 15) is 13.2 Å². The van der Waals surface area contributed by atoms with E-state index in [0.717, 1.165) is 17.1 Å². The highest BCUT2D eigenvalue weighted by atomic mass is 32.2. The van der Waals surface area contributed by atoms with E-state index in [4.69, 9.17) is 4.74 Å². The summed E-state index contributed by atoms with van der Waals surface area (Å²) >= 11 is 0. The first-order valence-electron chi connectivity index (χ1n) is 10.0. The van der Waals surface area contributed by atoms with E-state index in [2.05, 4.69) is 10.3 Å². The summed E-state index contributed by atoms with van der Waals surface area (Å²) in [5.74, 6) is 0.854. The number of aryl methyl sites for hydroxylation is 1. The molecule has 0 bridgehead atoms. The number of fused-ring (bicyclic) bond motifs is 1. The Morgan fingerprint density at radius 3 is 2.61 bits per heavy atom. The molecular formula is C22H24N4O4S. The van der Waals surface area contributed by atoms with Crippen LogP contribution < -0.4 is 14.4 Å². The van der Waals surface area contributed by atoms with Crippen molar-refractivity contribution in [2.24, 2.45) is 0 Å². The predicted octanol–water partition coefficient (Wildman–Crippen LogP) is 2.41. The number of rotatable bonds is 6. The number of anilines is 1. The molecule has 0 fully saturated rings. The smallest absolute Gasteiger partial charge is 0.263 e. The summed E-state index contributed by atoms with van der Waals surface area (Å²) in [5.41, 5.74) is 2.36. The monoisotopic (exact) mass is 440 g/mol. The van der Waals surface area contributed by atoms with Gasteiger partial charge in [-0.25, -0.2) is 13.4 Å². The van der Waals surface area contributed by atoms with Gasteiger partial charge in [-0.05, 0) is 43.7 Å². The summed E-state index contributed by atoms with van der Waals surface area (Å²) < 4.78 is 34.1. The van der Waals surface area contributed by atoms with Crippen molar-refractivity contribution in [3.8, 4) is 11.4 Å². The Bertz CT molecular complexity index is 1190. The maximum absolute atomic E-state index is 12.8. The molecule has 2 heterocycles. The highest BCUT2D eigenvalue weighted by Crippen LogP contribution is 2.35. The van der Waals surface area contributed by atoms with Crippen molar-refractivity contribution in [2.75, 3.05) is 16.6 Å².